The third-order valence-electron chi connectivity index (χ3n) is 7.30. The van der Waals surface area contributed by atoms with Gasteiger partial charge in [0.25, 0.3) is 0 Å². The fraction of sp³-hybridized carbons (Fsp3) is 0.448. The van der Waals surface area contributed by atoms with Gasteiger partial charge in [-0.05, 0) is 69.0 Å². The van der Waals surface area contributed by atoms with E-state index < -0.39 is 0 Å². The van der Waals surface area contributed by atoms with Gasteiger partial charge in [0.05, 0.1) is 36.7 Å². The number of carbonyl (C=O) groups is 1. The van der Waals surface area contributed by atoms with E-state index in [4.69, 9.17) is 30.9 Å². The molecular formula is C29H34ClN3O4. The molecule has 1 aromatic heterocycles. The molecule has 1 aliphatic carbocycles. The van der Waals surface area contributed by atoms with Crippen LogP contribution >= 0.6 is 11.6 Å². The standard InChI is InChI=1S/C29H34ClN3O4/c1-20-25(19-32(18-24-10-7-17-36-24)28(34)21-8-3-4-9-21)29(37-27-12-6-5-11-26(27)35-2)33(31-20)23-15-13-22(30)14-16-23/h5-6,11-16,21,24H,3-4,7-10,17-19H2,1-2H3/t24-/m0/s1. The highest BCUT2D eigenvalue weighted by Gasteiger charge is 2.32. The maximum atomic E-state index is 13.7. The minimum Gasteiger partial charge on any atom is -0.493 e. The molecule has 1 aliphatic heterocycles. The van der Waals surface area contributed by atoms with Crippen LogP contribution in [0.15, 0.2) is 48.5 Å². The van der Waals surface area contributed by atoms with Gasteiger partial charge >= 0.3 is 0 Å². The highest BCUT2D eigenvalue weighted by atomic mass is 35.5. The number of aromatic nitrogens is 2. The van der Waals surface area contributed by atoms with Gasteiger partial charge < -0.3 is 19.1 Å². The predicted molar refractivity (Wildman–Crippen MR) is 143 cm³/mol. The molecule has 2 fully saturated rings. The number of aryl methyl sites for hydroxylation is 1. The van der Waals surface area contributed by atoms with Gasteiger partial charge in [-0.25, -0.2) is 4.68 Å². The maximum absolute atomic E-state index is 13.7. The second-order valence-electron chi connectivity index (χ2n) is 9.85. The van der Waals surface area contributed by atoms with Crippen molar-refractivity contribution in [2.24, 2.45) is 5.92 Å². The van der Waals surface area contributed by atoms with Gasteiger partial charge in [0.15, 0.2) is 11.5 Å². The smallest absolute Gasteiger partial charge is 0.228 e. The Labute approximate surface area is 223 Å². The van der Waals surface area contributed by atoms with Crippen molar-refractivity contribution >= 4 is 17.5 Å². The summed E-state index contributed by atoms with van der Waals surface area (Å²) in [5, 5.41) is 5.49. The molecule has 5 rings (SSSR count). The van der Waals surface area contributed by atoms with E-state index in [1.165, 1.54) is 0 Å². The number of hydrogen-bond donors (Lipinski definition) is 0. The minimum absolute atomic E-state index is 0.0653. The largest absolute Gasteiger partial charge is 0.493 e. The highest BCUT2D eigenvalue weighted by molar-refractivity contribution is 6.30. The number of nitrogens with zero attached hydrogens (tertiary/aromatic N) is 3. The van der Waals surface area contributed by atoms with Crippen molar-refractivity contribution in [3.63, 3.8) is 0 Å². The first-order chi connectivity index (χ1) is 18.0. The lowest BCUT2D eigenvalue weighted by Gasteiger charge is -2.28. The average molecular weight is 524 g/mol. The average Bonchev–Trinajstić information content (AvgIpc) is 3.68. The topological polar surface area (TPSA) is 65.8 Å². The van der Waals surface area contributed by atoms with Crippen molar-refractivity contribution in [2.75, 3.05) is 20.3 Å². The first-order valence-electron chi connectivity index (χ1n) is 13.1. The summed E-state index contributed by atoms with van der Waals surface area (Å²) < 4.78 is 19.8. The van der Waals surface area contributed by atoms with Crippen LogP contribution in [0.4, 0.5) is 0 Å². The van der Waals surface area contributed by atoms with Gasteiger partial charge in [0, 0.05) is 24.1 Å². The van der Waals surface area contributed by atoms with Crippen LogP contribution in [0.5, 0.6) is 17.4 Å². The number of amides is 1. The zero-order valence-corrected chi connectivity index (χ0v) is 22.2. The normalized spacial score (nSPS) is 17.8. The lowest BCUT2D eigenvalue weighted by molar-refractivity contribution is -0.137. The zero-order chi connectivity index (χ0) is 25.8. The molecule has 2 aromatic carbocycles. The molecular weight excluding hydrogens is 490 g/mol. The lowest BCUT2D eigenvalue weighted by atomic mass is 10.1. The molecule has 8 heteroatoms. The van der Waals surface area contributed by atoms with E-state index in [0.717, 1.165) is 62.1 Å². The van der Waals surface area contributed by atoms with Crippen molar-refractivity contribution in [2.45, 2.75) is 58.1 Å². The molecule has 0 unspecified atom stereocenters. The molecule has 196 valence electrons. The van der Waals surface area contributed by atoms with Gasteiger partial charge in [-0.2, -0.15) is 5.10 Å². The number of methoxy groups -OCH3 is 1. The number of para-hydroxylation sites is 2. The summed E-state index contributed by atoms with van der Waals surface area (Å²) in [5.41, 5.74) is 2.48. The Kier molecular flexibility index (Phi) is 8.01. The van der Waals surface area contributed by atoms with Crippen molar-refractivity contribution in [1.29, 1.82) is 0 Å². The Morgan fingerprint density at radius 1 is 1.08 bits per heavy atom. The molecule has 0 spiro atoms. The molecule has 0 bridgehead atoms. The first kappa shape index (κ1) is 25.6. The van der Waals surface area contributed by atoms with E-state index in [1.807, 2.05) is 60.4 Å². The summed E-state index contributed by atoms with van der Waals surface area (Å²) in [7, 11) is 1.62. The molecule has 1 saturated heterocycles. The molecule has 2 aliphatic rings. The lowest BCUT2D eigenvalue weighted by Crippen LogP contribution is -2.40. The van der Waals surface area contributed by atoms with Gasteiger partial charge in [-0.15, -0.1) is 0 Å². The van der Waals surface area contributed by atoms with E-state index in [0.29, 0.717) is 35.5 Å². The molecule has 0 radical (unpaired) electrons. The Hall–Kier alpha value is -3.03. The van der Waals surface area contributed by atoms with Gasteiger partial charge in [0.2, 0.25) is 11.8 Å². The Bertz CT molecular complexity index is 1210. The van der Waals surface area contributed by atoms with Crippen molar-refractivity contribution in [1.82, 2.24) is 14.7 Å². The minimum atomic E-state index is 0.0653. The van der Waals surface area contributed by atoms with Crippen LogP contribution in [0.25, 0.3) is 5.69 Å². The molecule has 1 saturated carbocycles. The van der Waals surface area contributed by atoms with Gasteiger partial charge in [-0.3, -0.25) is 4.79 Å². The van der Waals surface area contributed by atoms with E-state index in [9.17, 15) is 4.79 Å². The Balaban J connectivity index is 1.54. The second-order valence-corrected chi connectivity index (χ2v) is 10.3. The van der Waals surface area contributed by atoms with E-state index in [-0.39, 0.29) is 17.9 Å². The number of halogens is 1. The summed E-state index contributed by atoms with van der Waals surface area (Å²) in [5.74, 6) is 2.03. The number of rotatable bonds is 9. The van der Waals surface area contributed by atoms with Crippen LogP contribution in [0.3, 0.4) is 0 Å². The summed E-state index contributed by atoms with van der Waals surface area (Å²) >= 11 is 6.16. The third-order valence-corrected chi connectivity index (χ3v) is 7.55. The van der Waals surface area contributed by atoms with E-state index in [2.05, 4.69) is 0 Å². The molecule has 3 aromatic rings. The molecule has 1 amide bonds. The Morgan fingerprint density at radius 3 is 2.49 bits per heavy atom. The second kappa shape index (κ2) is 11.6. The van der Waals surface area contributed by atoms with Crippen molar-refractivity contribution < 1.29 is 19.0 Å². The molecule has 1 atom stereocenters. The number of benzene rings is 2. The van der Waals surface area contributed by atoms with Crippen molar-refractivity contribution in [3.8, 4) is 23.1 Å². The molecule has 2 heterocycles. The fourth-order valence-electron chi connectivity index (χ4n) is 5.28. The Morgan fingerprint density at radius 2 is 1.81 bits per heavy atom. The number of carbonyl (C=O) groups excluding carboxylic acids is 1. The van der Waals surface area contributed by atoms with Crippen LogP contribution < -0.4 is 9.47 Å². The van der Waals surface area contributed by atoms with Crippen LogP contribution in [0.2, 0.25) is 5.02 Å². The summed E-state index contributed by atoms with van der Waals surface area (Å²) in [6, 6.07) is 15.0. The molecule has 7 nitrogen and oxygen atoms in total. The van der Waals surface area contributed by atoms with Crippen LogP contribution in [-0.2, 0) is 16.1 Å². The monoisotopic (exact) mass is 523 g/mol. The fourth-order valence-corrected chi connectivity index (χ4v) is 5.40. The molecule has 37 heavy (non-hydrogen) atoms. The maximum Gasteiger partial charge on any atom is 0.228 e. The molecule has 0 N–H and O–H groups in total. The van der Waals surface area contributed by atoms with Crippen LogP contribution in [0, 0.1) is 12.8 Å². The van der Waals surface area contributed by atoms with E-state index in [1.54, 1.807) is 11.8 Å². The van der Waals surface area contributed by atoms with Crippen molar-refractivity contribution in [3.05, 3.63) is 64.8 Å². The highest BCUT2D eigenvalue weighted by Crippen LogP contribution is 2.37. The summed E-state index contributed by atoms with van der Waals surface area (Å²) in [4.78, 5) is 15.7. The SMILES string of the molecule is COc1ccccc1Oc1c(CN(C[C@@H]2CCCO2)C(=O)C2CCCC2)c(C)nn1-c1ccc(Cl)cc1. The third kappa shape index (κ3) is 5.78. The summed E-state index contributed by atoms with van der Waals surface area (Å²) in [6.07, 6.45) is 6.20. The summed E-state index contributed by atoms with van der Waals surface area (Å²) in [6.45, 7) is 3.70. The van der Waals surface area contributed by atoms with Crippen LogP contribution in [0.1, 0.15) is 49.8 Å². The van der Waals surface area contributed by atoms with Crippen LogP contribution in [-0.4, -0.2) is 47.0 Å². The first-order valence-corrected chi connectivity index (χ1v) is 13.5. The van der Waals surface area contributed by atoms with Gasteiger partial charge in [0.1, 0.15) is 0 Å². The van der Waals surface area contributed by atoms with Gasteiger partial charge in [-0.1, -0.05) is 36.6 Å². The number of hydrogen-bond acceptors (Lipinski definition) is 5. The quantitative estimate of drug-likeness (QED) is 0.328. The predicted octanol–water partition coefficient (Wildman–Crippen LogP) is 6.33. The van der Waals surface area contributed by atoms with E-state index >= 15 is 0 Å². The zero-order valence-electron chi connectivity index (χ0n) is 21.5. The number of ether oxygens (including phenoxy) is 3.